The number of carbonyl (C=O) groups excluding carboxylic acids is 1. The number of methoxy groups -OCH3 is 1. The Bertz CT molecular complexity index is 1710. The van der Waals surface area contributed by atoms with Crippen LogP contribution in [0, 0.1) is 11.7 Å². The van der Waals surface area contributed by atoms with E-state index in [4.69, 9.17) is 9.57 Å². The van der Waals surface area contributed by atoms with E-state index in [9.17, 15) is 26.4 Å². The first-order valence-corrected chi connectivity index (χ1v) is 14.3. The number of benzene rings is 1. The van der Waals surface area contributed by atoms with E-state index in [0.717, 1.165) is 16.7 Å². The molecule has 0 radical (unpaired) electrons. The van der Waals surface area contributed by atoms with Gasteiger partial charge in [0, 0.05) is 30.0 Å². The van der Waals surface area contributed by atoms with Gasteiger partial charge in [-0.1, -0.05) is 20.8 Å². The molecule has 0 atom stereocenters. The summed E-state index contributed by atoms with van der Waals surface area (Å²) in [7, 11) is -2.50. The Balaban J connectivity index is 1.70. The summed E-state index contributed by atoms with van der Waals surface area (Å²) >= 11 is 0. The molecule has 4 rings (SSSR count). The minimum absolute atomic E-state index is 0.0334. The molecule has 1 aromatic carbocycles. The first-order valence-electron chi connectivity index (χ1n) is 12.7. The average molecular weight is 608 g/mol. The number of carbonyl (C=O) groups is 1. The van der Waals surface area contributed by atoms with Crippen molar-refractivity contribution in [2.45, 2.75) is 38.8 Å². The van der Waals surface area contributed by atoms with Crippen LogP contribution in [0.2, 0.25) is 0 Å². The SMILES string of the molecule is CCS(=O)(=O)c1nccnc1Cn1c(C(F)F)cc2cnc(Nc3cc(F)c(C(=O)NOCC(C)C)cc3OC)nc21. The van der Waals surface area contributed by atoms with Crippen molar-refractivity contribution >= 4 is 38.4 Å². The van der Waals surface area contributed by atoms with Crippen LogP contribution in [0.25, 0.3) is 11.0 Å². The van der Waals surface area contributed by atoms with E-state index in [-0.39, 0.29) is 69.5 Å². The van der Waals surface area contributed by atoms with Crippen LogP contribution in [0.4, 0.5) is 24.8 Å². The highest BCUT2D eigenvalue weighted by molar-refractivity contribution is 7.91. The van der Waals surface area contributed by atoms with E-state index in [2.05, 4.69) is 30.7 Å². The summed E-state index contributed by atoms with van der Waals surface area (Å²) < 4.78 is 74.5. The van der Waals surface area contributed by atoms with Gasteiger partial charge in [-0.25, -0.2) is 37.0 Å². The van der Waals surface area contributed by atoms with Gasteiger partial charge in [-0.05, 0) is 18.1 Å². The first-order chi connectivity index (χ1) is 19.9. The summed E-state index contributed by atoms with van der Waals surface area (Å²) in [5.74, 6) is -1.89. The number of halogens is 3. The molecule has 3 heterocycles. The summed E-state index contributed by atoms with van der Waals surface area (Å²) in [5.41, 5.74) is 1.43. The maximum absolute atomic E-state index is 14.9. The Morgan fingerprint density at radius 3 is 2.52 bits per heavy atom. The lowest BCUT2D eigenvalue weighted by Crippen LogP contribution is -2.26. The van der Waals surface area contributed by atoms with Crippen LogP contribution in [0.5, 0.6) is 5.75 Å². The van der Waals surface area contributed by atoms with Gasteiger partial charge in [-0.15, -0.1) is 0 Å². The number of hydroxylamine groups is 1. The third-order valence-electron chi connectivity index (χ3n) is 5.97. The third-order valence-corrected chi connectivity index (χ3v) is 7.66. The van der Waals surface area contributed by atoms with Crippen molar-refractivity contribution in [2.75, 3.05) is 24.8 Å². The molecule has 1 amide bonds. The second kappa shape index (κ2) is 12.7. The molecule has 0 unspecified atom stereocenters. The quantitative estimate of drug-likeness (QED) is 0.224. The number of nitrogens with zero attached hydrogens (tertiary/aromatic N) is 5. The number of ether oxygens (including phenoxy) is 1. The Labute approximate surface area is 239 Å². The molecule has 4 aromatic rings. The van der Waals surface area contributed by atoms with Gasteiger partial charge in [0.05, 0.1) is 48.7 Å². The number of hydrogen-bond donors (Lipinski definition) is 2. The Kier molecular flexibility index (Phi) is 9.26. The smallest absolute Gasteiger partial charge is 0.278 e. The van der Waals surface area contributed by atoms with Crippen LogP contribution in [0.15, 0.2) is 41.8 Å². The number of anilines is 2. The molecule has 42 heavy (non-hydrogen) atoms. The number of alkyl halides is 2. The fraction of sp³-hybridized carbons (Fsp3) is 0.346. The van der Waals surface area contributed by atoms with E-state index in [0.29, 0.717) is 0 Å². The van der Waals surface area contributed by atoms with Gasteiger partial charge in [0.15, 0.2) is 14.9 Å². The fourth-order valence-electron chi connectivity index (χ4n) is 3.92. The normalized spacial score (nSPS) is 11.8. The van der Waals surface area contributed by atoms with E-state index in [1.54, 1.807) is 0 Å². The summed E-state index contributed by atoms with van der Waals surface area (Å²) in [4.78, 5) is 33.9. The topological polar surface area (TPSA) is 150 Å². The molecule has 0 aliphatic rings. The van der Waals surface area contributed by atoms with Crippen LogP contribution in [-0.4, -0.2) is 58.3 Å². The molecule has 0 saturated heterocycles. The number of amides is 1. The van der Waals surface area contributed by atoms with Crippen LogP contribution in [0.1, 0.15) is 48.9 Å². The molecular weight excluding hydrogens is 579 g/mol. The number of hydrogen-bond acceptors (Lipinski definition) is 10. The summed E-state index contributed by atoms with van der Waals surface area (Å²) in [6.07, 6.45) is 0.819. The third kappa shape index (κ3) is 6.60. The zero-order valence-corrected chi connectivity index (χ0v) is 23.9. The molecule has 224 valence electrons. The number of fused-ring (bicyclic) bond motifs is 1. The van der Waals surface area contributed by atoms with E-state index >= 15 is 0 Å². The van der Waals surface area contributed by atoms with Gasteiger partial charge in [0.1, 0.15) is 17.2 Å². The highest BCUT2D eigenvalue weighted by Gasteiger charge is 2.24. The average Bonchev–Trinajstić information content (AvgIpc) is 3.31. The molecule has 0 aliphatic heterocycles. The van der Waals surface area contributed by atoms with Crippen molar-refractivity contribution in [1.82, 2.24) is 30.0 Å². The maximum Gasteiger partial charge on any atom is 0.278 e. The van der Waals surface area contributed by atoms with Crippen LogP contribution < -0.4 is 15.5 Å². The summed E-state index contributed by atoms with van der Waals surface area (Å²) in [6.45, 7) is 5.05. The van der Waals surface area contributed by atoms with E-state index in [1.165, 1.54) is 38.7 Å². The number of aromatic nitrogens is 5. The van der Waals surface area contributed by atoms with Gasteiger partial charge in [-0.3, -0.25) is 14.6 Å². The number of nitrogens with one attached hydrogen (secondary N) is 2. The molecule has 0 saturated carbocycles. The second-order valence-corrected chi connectivity index (χ2v) is 11.6. The van der Waals surface area contributed by atoms with E-state index in [1.807, 2.05) is 13.8 Å². The lowest BCUT2D eigenvalue weighted by Gasteiger charge is -2.14. The molecule has 2 N–H and O–H groups in total. The maximum atomic E-state index is 14.9. The molecular formula is C26H28F3N7O5S. The minimum atomic E-state index is -3.80. The Hall–Kier alpha value is -4.31. The molecule has 0 bridgehead atoms. The van der Waals surface area contributed by atoms with Gasteiger partial charge in [0.2, 0.25) is 5.95 Å². The van der Waals surface area contributed by atoms with Gasteiger partial charge >= 0.3 is 0 Å². The van der Waals surface area contributed by atoms with Crippen molar-refractivity contribution in [1.29, 1.82) is 0 Å². The second-order valence-electron chi connectivity index (χ2n) is 9.43. The zero-order chi connectivity index (χ0) is 30.6. The predicted octanol–water partition coefficient (Wildman–Crippen LogP) is 4.21. The number of sulfone groups is 1. The van der Waals surface area contributed by atoms with E-state index < -0.39 is 33.7 Å². The molecule has 16 heteroatoms. The Morgan fingerprint density at radius 1 is 1.12 bits per heavy atom. The standard InChI is InChI=1S/C26H28F3N7O5S/c1-5-42(38,39)25-19(30-6-7-31-25)12-36-20(22(28)29)8-15-11-32-26(34-23(15)36)33-18-10-17(27)16(9-21(18)40-4)24(37)35-41-13-14(2)3/h6-11,14,22H,5,12-13H2,1-4H3,(H,35,37)(H,32,33,34). The van der Waals surface area contributed by atoms with Crippen molar-refractivity contribution in [3.05, 3.63) is 59.6 Å². The molecule has 0 spiro atoms. The number of rotatable bonds is 12. The zero-order valence-electron chi connectivity index (χ0n) is 23.1. The Morgan fingerprint density at radius 2 is 1.86 bits per heavy atom. The largest absolute Gasteiger partial charge is 0.495 e. The molecule has 0 fully saturated rings. The molecule has 3 aromatic heterocycles. The fourth-order valence-corrected chi connectivity index (χ4v) is 4.89. The van der Waals surface area contributed by atoms with Gasteiger partial charge < -0.3 is 14.6 Å². The monoisotopic (exact) mass is 607 g/mol. The minimum Gasteiger partial charge on any atom is -0.495 e. The van der Waals surface area contributed by atoms with Crippen LogP contribution in [0.3, 0.4) is 0 Å². The van der Waals surface area contributed by atoms with Crippen LogP contribution >= 0.6 is 0 Å². The van der Waals surface area contributed by atoms with Crippen molar-refractivity contribution < 1.29 is 36.0 Å². The predicted molar refractivity (Wildman–Crippen MR) is 146 cm³/mol. The summed E-state index contributed by atoms with van der Waals surface area (Å²) in [5, 5.41) is 2.70. The highest BCUT2D eigenvalue weighted by Crippen LogP contribution is 2.32. The van der Waals surface area contributed by atoms with Gasteiger partial charge in [-0.2, -0.15) is 4.98 Å². The summed E-state index contributed by atoms with van der Waals surface area (Å²) in [6, 6.07) is 3.34. The van der Waals surface area contributed by atoms with Crippen molar-refractivity contribution in [3.63, 3.8) is 0 Å². The van der Waals surface area contributed by atoms with Crippen molar-refractivity contribution in [2.24, 2.45) is 5.92 Å². The highest BCUT2D eigenvalue weighted by atomic mass is 32.2. The van der Waals surface area contributed by atoms with Crippen LogP contribution in [-0.2, 0) is 21.2 Å². The lowest BCUT2D eigenvalue weighted by molar-refractivity contribution is 0.0205. The van der Waals surface area contributed by atoms with Crippen molar-refractivity contribution in [3.8, 4) is 5.75 Å². The molecule has 0 aliphatic carbocycles. The van der Waals surface area contributed by atoms with Gasteiger partial charge in [0.25, 0.3) is 12.3 Å². The molecule has 12 nitrogen and oxygen atoms in total. The lowest BCUT2D eigenvalue weighted by atomic mass is 10.1. The first kappa shape index (κ1) is 30.6.